The maximum atomic E-state index is 13.9. The number of aryl methyl sites for hydroxylation is 1. The first-order chi connectivity index (χ1) is 16.4. The summed E-state index contributed by atoms with van der Waals surface area (Å²) in [6, 6.07) is 14.3. The molecule has 0 radical (unpaired) electrons. The number of nitrogens with zero attached hydrogens (tertiary/aromatic N) is 2. The lowest BCUT2D eigenvalue weighted by Crippen LogP contribution is -2.21. The van der Waals surface area contributed by atoms with Crippen molar-refractivity contribution in [3.63, 3.8) is 0 Å². The Labute approximate surface area is 196 Å². The van der Waals surface area contributed by atoms with Gasteiger partial charge < -0.3 is 18.9 Å². The summed E-state index contributed by atoms with van der Waals surface area (Å²) >= 11 is 0. The molecular weight excluding hydrogens is 436 g/mol. The molecule has 0 aliphatic carbocycles. The van der Waals surface area contributed by atoms with Crippen molar-refractivity contribution in [2.75, 3.05) is 28.4 Å². The van der Waals surface area contributed by atoms with E-state index in [2.05, 4.69) is 4.98 Å². The van der Waals surface area contributed by atoms with Crippen molar-refractivity contribution >= 4 is 16.9 Å². The Morgan fingerprint density at radius 3 is 2.12 bits per heavy atom. The van der Waals surface area contributed by atoms with E-state index in [9.17, 15) is 9.59 Å². The molecule has 2 aromatic carbocycles. The third kappa shape index (κ3) is 3.73. The van der Waals surface area contributed by atoms with E-state index < -0.39 is 5.97 Å². The number of benzene rings is 2. The average Bonchev–Trinajstić information content (AvgIpc) is 2.87. The zero-order chi connectivity index (χ0) is 24.4. The molecule has 34 heavy (non-hydrogen) atoms. The van der Waals surface area contributed by atoms with Crippen molar-refractivity contribution in [1.82, 2.24) is 9.55 Å². The van der Waals surface area contributed by atoms with Gasteiger partial charge in [0.2, 0.25) is 5.75 Å². The first-order valence-electron chi connectivity index (χ1n) is 10.4. The Morgan fingerprint density at radius 2 is 1.56 bits per heavy atom. The van der Waals surface area contributed by atoms with Gasteiger partial charge in [-0.25, -0.2) is 4.79 Å². The summed E-state index contributed by atoms with van der Waals surface area (Å²) in [5, 5.41) is 0.299. The van der Waals surface area contributed by atoms with Crippen LogP contribution in [0.25, 0.3) is 27.7 Å². The molecule has 0 atom stereocenters. The van der Waals surface area contributed by atoms with E-state index in [-0.39, 0.29) is 11.1 Å². The number of ether oxygens (including phenoxy) is 4. The van der Waals surface area contributed by atoms with E-state index in [0.29, 0.717) is 50.7 Å². The van der Waals surface area contributed by atoms with Gasteiger partial charge in [0, 0.05) is 23.9 Å². The number of hydrogen-bond acceptors (Lipinski definition) is 7. The van der Waals surface area contributed by atoms with Crippen LogP contribution in [0.15, 0.2) is 59.5 Å². The van der Waals surface area contributed by atoms with Crippen LogP contribution in [0.1, 0.15) is 16.1 Å². The largest absolute Gasteiger partial charge is 0.493 e. The van der Waals surface area contributed by atoms with Gasteiger partial charge in [0.05, 0.1) is 56.3 Å². The van der Waals surface area contributed by atoms with Crippen molar-refractivity contribution in [3.05, 3.63) is 76.3 Å². The normalized spacial score (nSPS) is 10.7. The third-order valence-electron chi connectivity index (χ3n) is 5.60. The van der Waals surface area contributed by atoms with Crippen LogP contribution < -0.4 is 19.8 Å². The molecule has 0 fully saturated rings. The summed E-state index contributed by atoms with van der Waals surface area (Å²) in [7, 11) is 5.83. The van der Waals surface area contributed by atoms with E-state index in [1.54, 1.807) is 31.3 Å². The molecule has 4 aromatic rings. The summed E-state index contributed by atoms with van der Waals surface area (Å²) in [6.07, 6.45) is 1.63. The van der Waals surface area contributed by atoms with Crippen LogP contribution >= 0.6 is 0 Å². The Hall–Kier alpha value is -4.33. The zero-order valence-corrected chi connectivity index (χ0v) is 19.5. The fourth-order valence-electron chi connectivity index (χ4n) is 4.05. The minimum Gasteiger partial charge on any atom is -0.493 e. The SMILES string of the molecule is COC(=O)c1c(C)nc2ccn(-c3cc(OC)c(OC)c(OC)c3)c(=O)c2c1-c1ccccc1. The lowest BCUT2D eigenvalue weighted by atomic mass is 9.95. The average molecular weight is 460 g/mol. The fourth-order valence-corrected chi connectivity index (χ4v) is 4.05. The minimum atomic E-state index is -0.562. The van der Waals surface area contributed by atoms with Crippen LogP contribution in [0.2, 0.25) is 0 Å². The molecule has 2 heterocycles. The molecule has 8 nitrogen and oxygen atoms in total. The first kappa shape index (κ1) is 22.8. The second-order valence-corrected chi connectivity index (χ2v) is 7.44. The highest BCUT2D eigenvalue weighted by Crippen LogP contribution is 2.39. The van der Waals surface area contributed by atoms with Crippen LogP contribution in [0, 0.1) is 6.92 Å². The van der Waals surface area contributed by atoms with Gasteiger partial charge in [0.1, 0.15) is 0 Å². The zero-order valence-electron chi connectivity index (χ0n) is 19.5. The van der Waals surface area contributed by atoms with Crippen LogP contribution in [-0.4, -0.2) is 44.0 Å². The standard InChI is InChI=1S/C26H24N2O6/c1-15-21(26(30)34-5)22(16-9-7-6-8-10-16)23-18(27-15)11-12-28(25(23)29)17-13-19(31-2)24(33-4)20(14-17)32-3/h6-14H,1-5H3. The van der Waals surface area contributed by atoms with Gasteiger partial charge in [-0.1, -0.05) is 30.3 Å². The summed E-state index contributed by atoms with van der Waals surface area (Å²) in [4.78, 5) is 31.2. The molecule has 0 unspecified atom stereocenters. The Bertz CT molecular complexity index is 1420. The highest BCUT2D eigenvalue weighted by atomic mass is 16.5. The lowest BCUT2D eigenvalue weighted by molar-refractivity contribution is 0.0600. The molecule has 2 aromatic heterocycles. The monoisotopic (exact) mass is 460 g/mol. The number of rotatable bonds is 6. The van der Waals surface area contributed by atoms with E-state index in [1.807, 2.05) is 30.3 Å². The molecule has 0 aliphatic rings. The van der Waals surface area contributed by atoms with Crippen LogP contribution in [0.3, 0.4) is 0 Å². The van der Waals surface area contributed by atoms with Gasteiger partial charge in [0.25, 0.3) is 5.56 Å². The predicted molar refractivity (Wildman–Crippen MR) is 129 cm³/mol. The van der Waals surface area contributed by atoms with Crippen molar-refractivity contribution in [2.45, 2.75) is 6.92 Å². The van der Waals surface area contributed by atoms with Crippen molar-refractivity contribution in [1.29, 1.82) is 0 Å². The Morgan fingerprint density at radius 1 is 0.912 bits per heavy atom. The maximum absolute atomic E-state index is 13.9. The molecule has 0 amide bonds. The summed E-state index contributed by atoms with van der Waals surface area (Å²) < 4.78 is 22.8. The van der Waals surface area contributed by atoms with Crippen molar-refractivity contribution in [3.8, 4) is 34.1 Å². The van der Waals surface area contributed by atoms with Gasteiger partial charge in [-0.15, -0.1) is 0 Å². The highest BCUT2D eigenvalue weighted by molar-refractivity contribution is 6.07. The molecule has 8 heteroatoms. The van der Waals surface area contributed by atoms with E-state index in [0.717, 1.165) is 0 Å². The predicted octanol–water partition coefficient (Wildman–Crippen LogP) is 4.17. The summed E-state index contributed by atoms with van der Waals surface area (Å²) in [6.45, 7) is 1.73. The smallest absolute Gasteiger partial charge is 0.340 e. The quantitative estimate of drug-likeness (QED) is 0.399. The second kappa shape index (κ2) is 9.27. The van der Waals surface area contributed by atoms with Crippen LogP contribution in [-0.2, 0) is 4.74 Å². The number of fused-ring (bicyclic) bond motifs is 1. The topological polar surface area (TPSA) is 88.9 Å². The number of aromatic nitrogens is 2. The van der Waals surface area contributed by atoms with E-state index in [4.69, 9.17) is 18.9 Å². The maximum Gasteiger partial charge on any atom is 0.340 e. The first-order valence-corrected chi connectivity index (χ1v) is 10.4. The van der Waals surface area contributed by atoms with Crippen molar-refractivity contribution in [2.24, 2.45) is 0 Å². The van der Waals surface area contributed by atoms with Crippen LogP contribution in [0.4, 0.5) is 0 Å². The number of carbonyl (C=O) groups is 1. The Kier molecular flexibility index (Phi) is 6.23. The molecular formula is C26H24N2O6. The molecule has 0 spiro atoms. The number of hydrogen-bond donors (Lipinski definition) is 0. The summed E-state index contributed by atoms with van der Waals surface area (Å²) in [5.74, 6) is 0.667. The minimum absolute atomic E-state index is 0.251. The van der Waals surface area contributed by atoms with Gasteiger partial charge in [-0.05, 0) is 18.6 Å². The molecule has 4 rings (SSSR count). The van der Waals surface area contributed by atoms with Gasteiger partial charge >= 0.3 is 5.97 Å². The second-order valence-electron chi connectivity index (χ2n) is 7.44. The molecule has 0 aliphatic heterocycles. The fraction of sp³-hybridized carbons (Fsp3) is 0.192. The number of pyridine rings is 2. The van der Waals surface area contributed by atoms with Crippen molar-refractivity contribution < 1.29 is 23.7 Å². The Balaban J connectivity index is 2.12. The number of esters is 1. The molecule has 0 saturated carbocycles. The molecule has 0 bridgehead atoms. The van der Waals surface area contributed by atoms with Gasteiger partial charge in [0.15, 0.2) is 11.5 Å². The van der Waals surface area contributed by atoms with E-state index >= 15 is 0 Å². The molecule has 0 N–H and O–H groups in total. The summed E-state index contributed by atoms with van der Waals surface area (Å²) in [5.41, 5.74) is 2.52. The lowest BCUT2D eigenvalue weighted by Gasteiger charge is -2.17. The molecule has 174 valence electrons. The van der Waals surface area contributed by atoms with Gasteiger partial charge in [-0.3, -0.25) is 14.3 Å². The third-order valence-corrected chi connectivity index (χ3v) is 5.60. The van der Waals surface area contributed by atoms with Crippen LogP contribution in [0.5, 0.6) is 17.2 Å². The number of methoxy groups -OCH3 is 4. The van der Waals surface area contributed by atoms with E-state index in [1.165, 1.54) is 33.0 Å². The highest BCUT2D eigenvalue weighted by Gasteiger charge is 2.24. The number of carbonyl (C=O) groups excluding carboxylic acids is 1. The molecule has 0 saturated heterocycles. The van der Waals surface area contributed by atoms with Gasteiger partial charge in [-0.2, -0.15) is 0 Å².